The van der Waals surface area contributed by atoms with E-state index in [1.807, 2.05) is 12.1 Å². The Morgan fingerprint density at radius 2 is 2.28 bits per heavy atom. The molecule has 1 saturated heterocycles. The molecule has 1 heterocycles. The van der Waals surface area contributed by atoms with Crippen LogP contribution in [0.3, 0.4) is 0 Å². The maximum atomic E-state index is 9.49. The monoisotopic (exact) mass is 248 g/mol. The average molecular weight is 248 g/mol. The van der Waals surface area contributed by atoms with Gasteiger partial charge in [0, 0.05) is 18.1 Å². The van der Waals surface area contributed by atoms with Gasteiger partial charge in [0.05, 0.1) is 0 Å². The number of phenolic OH excluding ortho intramolecular Hbond substituents is 1. The van der Waals surface area contributed by atoms with Crippen molar-refractivity contribution in [2.75, 3.05) is 6.54 Å². The van der Waals surface area contributed by atoms with Gasteiger partial charge in [-0.2, -0.15) is 0 Å². The Morgan fingerprint density at radius 3 is 2.94 bits per heavy atom. The molecule has 3 atom stereocenters. The smallest absolute Gasteiger partial charge is 0.115 e. The van der Waals surface area contributed by atoms with E-state index in [4.69, 9.17) is 0 Å². The van der Waals surface area contributed by atoms with Gasteiger partial charge in [-0.3, -0.25) is 0 Å². The molecule has 1 aromatic carbocycles. The molecular weight excluding hydrogens is 224 g/mol. The van der Waals surface area contributed by atoms with Gasteiger partial charge in [-0.15, -0.1) is 0 Å². The van der Waals surface area contributed by atoms with E-state index in [0.717, 1.165) is 5.56 Å². The summed E-state index contributed by atoms with van der Waals surface area (Å²) in [6.45, 7) is 5.55. The van der Waals surface area contributed by atoms with Crippen LogP contribution < -0.4 is 10.6 Å². The first-order chi connectivity index (χ1) is 8.65. The zero-order chi connectivity index (χ0) is 13.0. The highest BCUT2D eigenvalue weighted by Crippen LogP contribution is 2.19. The molecule has 0 spiro atoms. The van der Waals surface area contributed by atoms with Gasteiger partial charge < -0.3 is 15.7 Å². The molecule has 0 radical (unpaired) electrons. The molecule has 1 aliphatic heterocycles. The Bertz CT molecular complexity index is 375. The molecule has 3 heteroatoms. The quantitative estimate of drug-likeness (QED) is 0.750. The molecule has 0 saturated carbocycles. The van der Waals surface area contributed by atoms with Crippen LogP contribution in [0, 0.1) is 0 Å². The minimum atomic E-state index is 0.272. The van der Waals surface area contributed by atoms with E-state index < -0.39 is 0 Å². The van der Waals surface area contributed by atoms with Crippen molar-refractivity contribution >= 4 is 0 Å². The van der Waals surface area contributed by atoms with Gasteiger partial charge in [0.2, 0.25) is 0 Å². The van der Waals surface area contributed by atoms with Crippen molar-refractivity contribution in [1.29, 1.82) is 0 Å². The van der Waals surface area contributed by atoms with Crippen LogP contribution in [0.15, 0.2) is 24.3 Å². The van der Waals surface area contributed by atoms with Crippen LogP contribution in [0.25, 0.3) is 0 Å². The maximum Gasteiger partial charge on any atom is 0.115 e. The minimum absolute atomic E-state index is 0.272. The lowest BCUT2D eigenvalue weighted by Crippen LogP contribution is -2.35. The highest BCUT2D eigenvalue weighted by molar-refractivity contribution is 5.29. The van der Waals surface area contributed by atoms with Crippen LogP contribution in [0.1, 0.15) is 44.7 Å². The standard InChI is InChI=1S/C15H24N2O/c1-11(9-14-6-4-8-16-14)17-12(2)13-5-3-7-15(18)10-13/h3,5,7,10-12,14,16-18H,4,6,8-9H2,1-2H3. The number of benzene rings is 1. The van der Waals surface area contributed by atoms with E-state index in [1.165, 1.54) is 25.8 Å². The molecule has 0 aliphatic carbocycles. The second-order valence-electron chi connectivity index (χ2n) is 5.41. The second-order valence-corrected chi connectivity index (χ2v) is 5.41. The molecule has 100 valence electrons. The van der Waals surface area contributed by atoms with Crippen LogP contribution >= 0.6 is 0 Å². The van der Waals surface area contributed by atoms with Gasteiger partial charge in [0.25, 0.3) is 0 Å². The van der Waals surface area contributed by atoms with Gasteiger partial charge in [0.15, 0.2) is 0 Å². The van der Waals surface area contributed by atoms with Crippen molar-refractivity contribution in [3.8, 4) is 5.75 Å². The van der Waals surface area contributed by atoms with Crippen molar-refractivity contribution in [2.24, 2.45) is 0 Å². The van der Waals surface area contributed by atoms with Crippen LogP contribution in [-0.4, -0.2) is 23.7 Å². The largest absolute Gasteiger partial charge is 0.508 e. The van der Waals surface area contributed by atoms with Gasteiger partial charge in [-0.25, -0.2) is 0 Å². The first kappa shape index (κ1) is 13.4. The molecule has 0 bridgehead atoms. The van der Waals surface area contributed by atoms with Crippen LogP contribution in [0.2, 0.25) is 0 Å². The fourth-order valence-corrected chi connectivity index (χ4v) is 2.77. The SMILES string of the molecule is CC(CC1CCCN1)NC(C)c1cccc(O)c1. The van der Waals surface area contributed by atoms with Crippen molar-refractivity contribution in [1.82, 2.24) is 10.6 Å². The van der Waals surface area contributed by atoms with Crippen LogP contribution in [0.4, 0.5) is 0 Å². The summed E-state index contributed by atoms with van der Waals surface area (Å²) in [6.07, 6.45) is 3.77. The van der Waals surface area contributed by atoms with E-state index in [0.29, 0.717) is 17.8 Å². The van der Waals surface area contributed by atoms with E-state index >= 15 is 0 Å². The summed E-state index contributed by atoms with van der Waals surface area (Å²) < 4.78 is 0. The fraction of sp³-hybridized carbons (Fsp3) is 0.600. The molecule has 18 heavy (non-hydrogen) atoms. The highest BCUT2D eigenvalue weighted by atomic mass is 16.3. The van der Waals surface area contributed by atoms with E-state index in [9.17, 15) is 5.11 Å². The normalized spacial score (nSPS) is 22.9. The predicted molar refractivity (Wildman–Crippen MR) is 74.8 cm³/mol. The average Bonchev–Trinajstić information content (AvgIpc) is 2.81. The van der Waals surface area contributed by atoms with Gasteiger partial charge in [-0.05, 0) is 57.4 Å². The summed E-state index contributed by atoms with van der Waals surface area (Å²) in [4.78, 5) is 0. The lowest BCUT2D eigenvalue weighted by atomic mass is 10.0. The molecule has 2 rings (SSSR count). The summed E-state index contributed by atoms with van der Waals surface area (Å²) in [5, 5.41) is 16.6. The summed E-state index contributed by atoms with van der Waals surface area (Å²) in [6, 6.07) is 8.92. The molecule has 0 amide bonds. The lowest BCUT2D eigenvalue weighted by molar-refractivity contribution is 0.406. The molecule has 3 unspecified atom stereocenters. The molecule has 0 aromatic heterocycles. The summed E-state index contributed by atoms with van der Waals surface area (Å²) >= 11 is 0. The Balaban J connectivity index is 1.84. The second kappa shape index (κ2) is 6.21. The van der Waals surface area contributed by atoms with Crippen LogP contribution in [0.5, 0.6) is 5.75 Å². The lowest BCUT2D eigenvalue weighted by Gasteiger charge is -2.23. The molecule has 3 N–H and O–H groups in total. The van der Waals surface area contributed by atoms with Gasteiger partial charge in [0.1, 0.15) is 5.75 Å². The van der Waals surface area contributed by atoms with Gasteiger partial charge in [-0.1, -0.05) is 12.1 Å². The zero-order valence-corrected chi connectivity index (χ0v) is 11.3. The molecule has 1 aromatic rings. The Kier molecular flexibility index (Phi) is 4.61. The Labute approximate surface area is 110 Å². The van der Waals surface area contributed by atoms with Crippen LogP contribution in [-0.2, 0) is 0 Å². The first-order valence-corrected chi connectivity index (χ1v) is 6.93. The van der Waals surface area contributed by atoms with E-state index in [1.54, 1.807) is 6.07 Å². The number of nitrogens with one attached hydrogen (secondary N) is 2. The van der Waals surface area contributed by atoms with Crippen molar-refractivity contribution in [2.45, 2.75) is 51.2 Å². The summed E-state index contributed by atoms with van der Waals surface area (Å²) in [5.41, 5.74) is 1.14. The van der Waals surface area contributed by atoms with Crippen molar-refractivity contribution < 1.29 is 5.11 Å². The number of aromatic hydroxyl groups is 1. The Morgan fingerprint density at radius 1 is 1.44 bits per heavy atom. The molecule has 1 aliphatic rings. The maximum absolute atomic E-state index is 9.49. The molecular formula is C15H24N2O. The topological polar surface area (TPSA) is 44.3 Å². The minimum Gasteiger partial charge on any atom is -0.508 e. The zero-order valence-electron chi connectivity index (χ0n) is 11.3. The summed E-state index contributed by atoms with van der Waals surface area (Å²) in [5.74, 6) is 0.339. The van der Waals surface area contributed by atoms with E-state index in [-0.39, 0.29) is 6.04 Å². The number of phenols is 1. The molecule has 1 fully saturated rings. The number of rotatable bonds is 5. The Hall–Kier alpha value is -1.06. The number of hydrogen-bond acceptors (Lipinski definition) is 3. The number of hydrogen-bond donors (Lipinski definition) is 3. The van der Waals surface area contributed by atoms with E-state index in [2.05, 4.69) is 30.5 Å². The third-order valence-corrected chi connectivity index (χ3v) is 3.71. The highest BCUT2D eigenvalue weighted by Gasteiger charge is 2.18. The van der Waals surface area contributed by atoms with Crippen molar-refractivity contribution in [3.63, 3.8) is 0 Å². The molecule has 3 nitrogen and oxygen atoms in total. The predicted octanol–water partition coefficient (Wildman–Crippen LogP) is 2.57. The summed E-state index contributed by atoms with van der Waals surface area (Å²) in [7, 11) is 0. The fourth-order valence-electron chi connectivity index (χ4n) is 2.77. The first-order valence-electron chi connectivity index (χ1n) is 6.93. The third-order valence-electron chi connectivity index (χ3n) is 3.71. The van der Waals surface area contributed by atoms with Gasteiger partial charge >= 0.3 is 0 Å². The van der Waals surface area contributed by atoms with Crippen molar-refractivity contribution in [3.05, 3.63) is 29.8 Å². The third kappa shape index (κ3) is 3.72.